The van der Waals surface area contributed by atoms with E-state index in [0.717, 1.165) is 23.3 Å². The highest BCUT2D eigenvalue weighted by molar-refractivity contribution is 7.91. The molecule has 0 saturated carbocycles. The maximum absolute atomic E-state index is 12.7. The second-order valence-corrected chi connectivity index (χ2v) is 11.2. The van der Waals surface area contributed by atoms with Gasteiger partial charge in [0.25, 0.3) is 15.9 Å². The fourth-order valence-electron chi connectivity index (χ4n) is 3.75. The van der Waals surface area contributed by atoms with Gasteiger partial charge in [0.15, 0.2) is 0 Å². The largest absolute Gasteiger partial charge is 0.416 e. The second kappa shape index (κ2) is 9.49. The van der Waals surface area contributed by atoms with E-state index >= 15 is 0 Å². The van der Waals surface area contributed by atoms with Crippen molar-refractivity contribution < 1.29 is 17.6 Å². The molecule has 1 fully saturated rings. The highest BCUT2D eigenvalue weighted by atomic mass is 32.2. The molecule has 5 rings (SSSR count). The number of nitrogens with one attached hydrogen (secondary N) is 1. The summed E-state index contributed by atoms with van der Waals surface area (Å²) in [5, 5.41) is 11.1. The molecule has 8 nitrogen and oxygen atoms in total. The first-order chi connectivity index (χ1) is 16.5. The molecule has 2 aromatic heterocycles. The van der Waals surface area contributed by atoms with Gasteiger partial charge in [0.2, 0.25) is 11.8 Å². The molecule has 2 aromatic carbocycles. The number of rotatable bonds is 7. The Hall–Kier alpha value is -3.34. The van der Waals surface area contributed by atoms with E-state index in [2.05, 4.69) is 15.5 Å². The summed E-state index contributed by atoms with van der Waals surface area (Å²) in [6.07, 6.45) is 1.79. The Morgan fingerprint density at radius 3 is 2.41 bits per heavy atom. The Morgan fingerprint density at radius 1 is 0.941 bits per heavy atom. The SMILES string of the molecule is O=C(NCc1ccc(S(=O)(=O)N2CCCC2)s1)c1cccc(-c2nnc(-c3ccccc3)o2)c1. The number of nitrogens with zero attached hydrogens (tertiary/aromatic N) is 3. The molecule has 0 radical (unpaired) electrons. The smallest absolute Gasteiger partial charge is 0.252 e. The minimum Gasteiger partial charge on any atom is -0.416 e. The molecule has 10 heteroatoms. The van der Waals surface area contributed by atoms with E-state index in [4.69, 9.17) is 4.42 Å². The van der Waals surface area contributed by atoms with E-state index in [1.54, 1.807) is 36.4 Å². The molecule has 1 N–H and O–H groups in total. The molecule has 3 heterocycles. The minimum atomic E-state index is -3.45. The average Bonchev–Trinajstić information content (AvgIpc) is 3.65. The summed E-state index contributed by atoms with van der Waals surface area (Å²) in [7, 11) is -3.45. The zero-order valence-corrected chi connectivity index (χ0v) is 19.8. The molecule has 1 amide bonds. The van der Waals surface area contributed by atoms with Crippen molar-refractivity contribution in [3.8, 4) is 22.9 Å². The summed E-state index contributed by atoms with van der Waals surface area (Å²) in [4.78, 5) is 13.5. The van der Waals surface area contributed by atoms with Gasteiger partial charge >= 0.3 is 0 Å². The molecule has 1 saturated heterocycles. The summed E-state index contributed by atoms with van der Waals surface area (Å²) in [5.74, 6) is 0.452. The lowest BCUT2D eigenvalue weighted by Crippen LogP contribution is -2.27. The number of hydrogen-bond donors (Lipinski definition) is 1. The van der Waals surface area contributed by atoms with Crippen LogP contribution in [-0.2, 0) is 16.6 Å². The molecule has 34 heavy (non-hydrogen) atoms. The van der Waals surface area contributed by atoms with Crippen LogP contribution >= 0.6 is 11.3 Å². The van der Waals surface area contributed by atoms with E-state index in [9.17, 15) is 13.2 Å². The van der Waals surface area contributed by atoms with Crippen molar-refractivity contribution in [3.05, 3.63) is 77.2 Å². The number of thiophene rings is 1. The molecule has 0 aliphatic carbocycles. The van der Waals surface area contributed by atoms with Crippen molar-refractivity contribution in [2.45, 2.75) is 23.6 Å². The van der Waals surface area contributed by atoms with Gasteiger partial charge in [0, 0.05) is 34.7 Å². The van der Waals surface area contributed by atoms with Crippen LogP contribution in [0.2, 0.25) is 0 Å². The van der Waals surface area contributed by atoms with Crippen molar-refractivity contribution in [2.75, 3.05) is 13.1 Å². The lowest BCUT2D eigenvalue weighted by Gasteiger charge is -2.13. The van der Waals surface area contributed by atoms with Crippen LogP contribution in [0.1, 0.15) is 28.1 Å². The maximum atomic E-state index is 12.7. The van der Waals surface area contributed by atoms with Crippen molar-refractivity contribution in [2.24, 2.45) is 0 Å². The van der Waals surface area contributed by atoms with Gasteiger partial charge in [-0.2, -0.15) is 4.31 Å². The van der Waals surface area contributed by atoms with Gasteiger partial charge in [0.05, 0.1) is 6.54 Å². The van der Waals surface area contributed by atoms with Crippen LogP contribution in [0.3, 0.4) is 0 Å². The summed E-state index contributed by atoms with van der Waals surface area (Å²) in [6.45, 7) is 1.37. The molecule has 1 aliphatic rings. The lowest BCUT2D eigenvalue weighted by atomic mass is 10.1. The van der Waals surface area contributed by atoms with Gasteiger partial charge in [-0.1, -0.05) is 24.3 Å². The number of hydrogen-bond acceptors (Lipinski definition) is 7. The van der Waals surface area contributed by atoms with E-state index in [0.29, 0.717) is 40.2 Å². The van der Waals surface area contributed by atoms with Crippen LogP contribution in [0.15, 0.2) is 75.4 Å². The van der Waals surface area contributed by atoms with Crippen molar-refractivity contribution in [1.82, 2.24) is 19.8 Å². The minimum absolute atomic E-state index is 0.238. The normalized spacial score (nSPS) is 14.4. The molecule has 1 aliphatic heterocycles. The fourth-order valence-corrected chi connectivity index (χ4v) is 6.71. The number of sulfonamides is 1. The molecule has 0 bridgehead atoms. The molecular weight excluding hydrogens is 472 g/mol. The summed E-state index contributed by atoms with van der Waals surface area (Å²) >= 11 is 1.19. The lowest BCUT2D eigenvalue weighted by molar-refractivity contribution is 0.0951. The summed E-state index contributed by atoms with van der Waals surface area (Å²) in [5.41, 5.74) is 1.90. The van der Waals surface area contributed by atoms with Crippen molar-refractivity contribution >= 4 is 27.3 Å². The highest BCUT2D eigenvalue weighted by Gasteiger charge is 2.28. The topological polar surface area (TPSA) is 105 Å². The van der Waals surface area contributed by atoms with Crippen molar-refractivity contribution in [1.29, 1.82) is 0 Å². The van der Waals surface area contributed by atoms with E-state index in [-0.39, 0.29) is 12.5 Å². The Morgan fingerprint density at radius 2 is 1.65 bits per heavy atom. The molecule has 174 valence electrons. The zero-order chi connectivity index (χ0) is 23.5. The molecule has 0 atom stereocenters. The predicted octanol–water partition coefficient (Wildman–Crippen LogP) is 4.18. The molecular formula is C24H22N4O4S2. The number of aromatic nitrogens is 2. The van der Waals surface area contributed by atoms with Crippen LogP contribution < -0.4 is 5.32 Å². The molecule has 0 unspecified atom stereocenters. The van der Waals surface area contributed by atoms with Crippen LogP contribution in [0, 0.1) is 0 Å². The first-order valence-corrected chi connectivity index (χ1v) is 13.1. The first-order valence-electron chi connectivity index (χ1n) is 10.9. The maximum Gasteiger partial charge on any atom is 0.252 e. The van der Waals surface area contributed by atoms with Crippen molar-refractivity contribution in [3.63, 3.8) is 0 Å². The predicted molar refractivity (Wildman–Crippen MR) is 129 cm³/mol. The van der Waals surface area contributed by atoms with Gasteiger partial charge in [-0.3, -0.25) is 4.79 Å². The quantitative estimate of drug-likeness (QED) is 0.413. The number of carbonyl (C=O) groups excluding carboxylic acids is 1. The Bertz CT molecular complexity index is 1410. The third-order valence-electron chi connectivity index (χ3n) is 5.54. The second-order valence-electron chi connectivity index (χ2n) is 7.87. The third-order valence-corrected chi connectivity index (χ3v) is 8.99. The van der Waals surface area contributed by atoms with Crippen LogP contribution in [0.4, 0.5) is 0 Å². The van der Waals surface area contributed by atoms with E-state index in [1.165, 1.54) is 15.6 Å². The first kappa shape index (κ1) is 22.5. The Labute approximate surface area is 201 Å². The van der Waals surface area contributed by atoms with Crippen LogP contribution in [0.5, 0.6) is 0 Å². The zero-order valence-electron chi connectivity index (χ0n) is 18.2. The molecule has 4 aromatic rings. The number of benzene rings is 2. The van der Waals surface area contributed by atoms with Gasteiger partial charge < -0.3 is 9.73 Å². The van der Waals surface area contributed by atoms with Crippen LogP contribution in [-0.4, -0.2) is 41.9 Å². The van der Waals surface area contributed by atoms with Gasteiger partial charge in [0.1, 0.15) is 4.21 Å². The van der Waals surface area contributed by atoms with E-state index < -0.39 is 10.0 Å². The van der Waals surface area contributed by atoms with E-state index in [1.807, 2.05) is 30.3 Å². The van der Waals surface area contributed by atoms with Gasteiger partial charge in [-0.05, 0) is 55.3 Å². The summed E-state index contributed by atoms with van der Waals surface area (Å²) < 4.78 is 33.0. The van der Waals surface area contributed by atoms with Gasteiger partial charge in [-0.15, -0.1) is 21.5 Å². The number of amides is 1. The highest BCUT2D eigenvalue weighted by Crippen LogP contribution is 2.28. The fraction of sp³-hybridized carbons (Fsp3) is 0.208. The monoisotopic (exact) mass is 494 g/mol. The van der Waals surface area contributed by atoms with Gasteiger partial charge in [-0.25, -0.2) is 8.42 Å². The standard InChI is InChI=1S/C24H22N4O4S2/c29-22(25-16-20-11-12-21(33-20)34(30,31)28-13-4-5-14-28)18-9-6-10-19(15-18)24-27-26-23(32-24)17-7-2-1-3-8-17/h1-3,6-12,15H,4-5,13-14,16H2,(H,25,29). The Balaban J connectivity index is 1.26. The Kier molecular flexibility index (Phi) is 6.27. The van der Waals surface area contributed by atoms with Crippen LogP contribution in [0.25, 0.3) is 22.9 Å². The summed E-state index contributed by atoms with van der Waals surface area (Å²) in [6, 6.07) is 19.8. The number of carbonyl (C=O) groups is 1. The average molecular weight is 495 g/mol. The third kappa shape index (κ3) is 4.65. The molecule has 0 spiro atoms.